The van der Waals surface area contributed by atoms with Crippen LogP contribution in [0.2, 0.25) is 0 Å². The smallest absolute Gasteiger partial charge is 0.267 e. The number of aromatic nitrogens is 1. The summed E-state index contributed by atoms with van der Waals surface area (Å²) in [6.45, 7) is 0. The van der Waals surface area contributed by atoms with Gasteiger partial charge in [0.05, 0.1) is 0 Å². The van der Waals surface area contributed by atoms with Gasteiger partial charge in [0.1, 0.15) is 17.5 Å². The Labute approximate surface area is 81.4 Å². The summed E-state index contributed by atoms with van der Waals surface area (Å²) in [6, 6.07) is 1.95. The largest absolute Gasteiger partial charge is 0.385 e. The van der Waals surface area contributed by atoms with Crippen molar-refractivity contribution in [2.45, 2.75) is 25.7 Å². The van der Waals surface area contributed by atoms with Crippen molar-refractivity contribution in [1.29, 1.82) is 5.26 Å². The SMILES string of the molecule is N#Cc1c2c(c(N)[nH]c1=O)CCCC2. The minimum Gasteiger partial charge on any atom is -0.385 e. The van der Waals surface area contributed by atoms with E-state index in [-0.39, 0.29) is 11.1 Å². The highest BCUT2D eigenvalue weighted by atomic mass is 16.1. The zero-order chi connectivity index (χ0) is 10.1. The number of aromatic amines is 1. The number of H-pyrrole nitrogens is 1. The molecule has 1 aromatic rings. The summed E-state index contributed by atoms with van der Waals surface area (Å²) in [4.78, 5) is 13.9. The van der Waals surface area contributed by atoms with Gasteiger partial charge in [-0.2, -0.15) is 5.26 Å². The normalized spacial score (nSPS) is 14.5. The second-order valence-corrected chi connectivity index (χ2v) is 3.52. The first-order valence-electron chi connectivity index (χ1n) is 4.67. The molecule has 0 spiro atoms. The van der Waals surface area contributed by atoms with Crippen molar-refractivity contribution in [3.63, 3.8) is 0 Å². The third-order valence-electron chi connectivity index (χ3n) is 2.68. The molecule has 0 saturated heterocycles. The second kappa shape index (κ2) is 3.18. The van der Waals surface area contributed by atoms with Crippen molar-refractivity contribution < 1.29 is 0 Å². The molecule has 2 rings (SSSR count). The summed E-state index contributed by atoms with van der Waals surface area (Å²) < 4.78 is 0. The Morgan fingerprint density at radius 2 is 1.93 bits per heavy atom. The molecule has 1 heterocycles. The van der Waals surface area contributed by atoms with E-state index in [9.17, 15) is 4.79 Å². The molecular formula is C10H11N3O. The lowest BCUT2D eigenvalue weighted by Gasteiger charge is -2.17. The van der Waals surface area contributed by atoms with Crippen LogP contribution in [0.3, 0.4) is 0 Å². The number of hydrogen-bond donors (Lipinski definition) is 2. The lowest BCUT2D eigenvalue weighted by atomic mass is 9.89. The van der Waals surface area contributed by atoms with Crippen LogP contribution in [0.25, 0.3) is 0 Å². The summed E-state index contributed by atoms with van der Waals surface area (Å²) >= 11 is 0. The van der Waals surface area contributed by atoms with Gasteiger partial charge in [-0.1, -0.05) is 0 Å². The van der Waals surface area contributed by atoms with Crippen molar-refractivity contribution >= 4 is 5.82 Å². The summed E-state index contributed by atoms with van der Waals surface area (Å²) in [5, 5.41) is 8.85. The molecule has 1 aliphatic carbocycles. The van der Waals surface area contributed by atoms with Crippen LogP contribution in [-0.2, 0) is 12.8 Å². The molecule has 0 bridgehead atoms. The van der Waals surface area contributed by atoms with Crippen molar-refractivity contribution in [3.8, 4) is 6.07 Å². The van der Waals surface area contributed by atoms with E-state index in [1.165, 1.54) is 0 Å². The zero-order valence-corrected chi connectivity index (χ0v) is 7.76. The van der Waals surface area contributed by atoms with E-state index < -0.39 is 0 Å². The fourth-order valence-electron chi connectivity index (χ4n) is 1.99. The molecule has 72 valence electrons. The molecule has 1 aliphatic rings. The van der Waals surface area contributed by atoms with Gasteiger partial charge in [0.2, 0.25) is 0 Å². The van der Waals surface area contributed by atoms with Crippen molar-refractivity contribution in [1.82, 2.24) is 4.98 Å². The second-order valence-electron chi connectivity index (χ2n) is 3.52. The van der Waals surface area contributed by atoms with Crippen LogP contribution in [0.5, 0.6) is 0 Å². The highest BCUT2D eigenvalue weighted by Gasteiger charge is 2.18. The van der Waals surface area contributed by atoms with Crippen molar-refractivity contribution in [2.75, 3.05) is 5.73 Å². The molecule has 0 amide bonds. The number of anilines is 1. The van der Waals surface area contributed by atoms with Crippen LogP contribution < -0.4 is 11.3 Å². The third kappa shape index (κ3) is 1.18. The Bertz CT molecular complexity index is 467. The summed E-state index contributed by atoms with van der Waals surface area (Å²) in [5.41, 5.74) is 7.42. The van der Waals surface area contributed by atoms with Gasteiger partial charge in [0.25, 0.3) is 5.56 Å². The monoisotopic (exact) mass is 189 g/mol. The molecule has 4 heteroatoms. The van der Waals surface area contributed by atoms with Gasteiger partial charge in [0, 0.05) is 0 Å². The van der Waals surface area contributed by atoms with E-state index in [0.29, 0.717) is 5.82 Å². The van der Waals surface area contributed by atoms with E-state index in [1.807, 2.05) is 6.07 Å². The maximum absolute atomic E-state index is 11.4. The van der Waals surface area contributed by atoms with Crippen molar-refractivity contribution in [2.24, 2.45) is 0 Å². The standard InChI is InChI=1S/C10H11N3O/c11-5-8-6-3-1-2-4-7(6)9(12)13-10(8)14/h1-4H2,(H3,12,13,14). The first kappa shape index (κ1) is 8.82. The number of nitrogens with two attached hydrogens (primary N) is 1. The Morgan fingerprint density at radius 3 is 2.57 bits per heavy atom. The van der Waals surface area contributed by atoms with Crippen LogP contribution in [0.4, 0.5) is 5.82 Å². The van der Waals surface area contributed by atoms with Gasteiger partial charge in [0.15, 0.2) is 0 Å². The van der Waals surface area contributed by atoms with Crippen LogP contribution in [0.15, 0.2) is 4.79 Å². The molecule has 0 aromatic carbocycles. The Hall–Kier alpha value is -1.76. The zero-order valence-electron chi connectivity index (χ0n) is 7.76. The van der Waals surface area contributed by atoms with Gasteiger partial charge in [-0.3, -0.25) is 4.79 Å². The predicted octanol–water partition coefficient (Wildman–Crippen LogP) is 0.708. The molecule has 0 radical (unpaired) electrons. The molecule has 3 N–H and O–H groups in total. The van der Waals surface area contributed by atoms with Gasteiger partial charge in [-0.25, -0.2) is 0 Å². The van der Waals surface area contributed by atoms with Gasteiger partial charge >= 0.3 is 0 Å². The molecular weight excluding hydrogens is 178 g/mol. The highest BCUT2D eigenvalue weighted by Crippen LogP contribution is 2.25. The number of nitrogens with zero attached hydrogens (tertiary/aromatic N) is 1. The molecule has 14 heavy (non-hydrogen) atoms. The first-order valence-corrected chi connectivity index (χ1v) is 4.67. The van der Waals surface area contributed by atoms with Gasteiger partial charge in [-0.15, -0.1) is 0 Å². The predicted molar refractivity (Wildman–Crippen MR) is 52.8 cm³/mol. The number of nitriles is 1. The van der Waals surface area contributed by atoms with Crippen LogP contribution in [0.1, 0.15) is 29.5 Å². The number of fused-ring (bicyclic) bond motifs is 1. The Morgan fingerprint density at radius 1 is 1.29 bits per heavy atom. The molecule has 0 aliphatic heterocycles. The lowest BCUT2D eigenvalue weighted by molar-refractivity contribution is 0.681. The maximum Gasteiger partial charge on any atom is 0.267 e. The number of hydrogen-bond acceptors (Lipinski definition) is 3. The van der Waals surface area contributed by atoms with E-state index in [0.717, 1.165) is 36.8 Å². The summed E-state index contributed by atoms with van der Waals surface area (Å²) in [7, 11) is 0. The molecule has 4 nitrogen and oxygen atoms in total. The molecule has 1 aromatic heterocycles. The topological polar surface area (TPSA) is 82.7 Å². The molecule has 0 unspecified atom stereocenters. The Balaban J connectivity index is 2.75. The van der Waals surface area contributed by atoms with E-state index >= 15 is 0 Å². The number of rotatable bonds is 0. The van der Waals surface area contributed by atoms with Crippen molar-refractivity contribution in [3.05, 3.63) is 27.0 Å². The highest BCUT2D eigenvalue weighted by molar-refractivity contribution is 5.52. The average molecular weight is 189 g/mol. The van der Waals surface area contributed by atoms with E-state index in [4.69, 9.17) is 11.0 Å². The minimum absolute atomic E-state index is 0.244. The van der Waals surface area contributed by atoms with Crippen LogP contribution in [0, 0.1) is 11.3 Å². The maximum atomic E-state index is 11.4. The first-order chi connectivity index (χ1) is 6.74. The lowest BCUT2D eigenvalue weighted by Crippen LogP contribution is -2.20. The quantitative estimate of drug-likeness (QED) is 0.630. The summed E-state index contributed by atoms with van der Waals surface area (Å²) in [5.74, 6) is 0.434. The number of nitrogens with one attached hydrogen (secondary N) is 1. The number of nitrogen functional groups attached to an aromatic ring is 1. The van der Waals surface area contributed by atoms with E-state index in [1.54, 1.807) is 0 Å². The number of pyridine rings is 1. The average Bonchev–Trinajstić information content (AvgIpc) is 2.18. The van der Waals surface area contributed by atoms with E-state index in [2.05, 4.69) is 4.98 Å². The minimum atomic E-state index is -0.356. The van der Waals surface area contributed by atoms with Gasteiger partial charge < -0.3 is 10.7 Å². The fourth-order valence-corrected chi connectivity index (χ4v) is 1.99. The van der Waals surface area contributed by atoms with Crippen LogP contribution >= 0.6 is 0 Å². The van der Waals surface area contributed by atoms with Gasteiger partial charge in [-0.05, 0) is 36.8 Å². The molecule has 0 atom stereocenters. The Kier molecular flexibility index (Phi) is 2.01. The fraction of sp³-hybridized carbons (Fsp3) is 0.400. The molecule has 0 fully saturated rings. The third-order valence-corrected chi connectivity index (χ3v) is 2.68. The molecule has 0 saturated carbocycles. The van der Waals surface area contributed by atoms with Crippen LogP contribution in [-0.4, -0.2) is 4.98 Å². The summed E-state index contributed by atoms with van der Waals surface area (Å²) in [6.07, 6.45) is 3.78.